The van der Waals surface area contributed by atoms with Gasteiger partial charge in [-0.05, 0) is 18.9 Å². The van der Waals surface area contributed by atoms with Crippen molar-refractivity contribution in [2.75, 3.05) is 19.7 Å². The van der Waals surface area contributed by atoms with Crippen LogP contribution in [0.4, 0.5) is 0 Å². The molecule has 1 aliphatic heterocycles. The first-order valence-electron chi connectivity index (χ1n) is 8.03. The van der Waals surface area contributed by atoms with Gasteiger partial charge in [-0.3, -0.25) is 4.79 Å². The number of carbonyl (C=O) groups excluding carboxylic acids is 2. The molecular formula is C18H20N2O3S. The largest absolute Gasteiger partial charge is 0.461 e. The molecule has 3 rings (SSSR count). The first-order chi connectivity index (χ1) is 11.6. The number of aromatic nitrogens is 1. The Morgan fingerprint density at radius 2 is 2.17 bits per heavy atom. The number of nitrogens with zero attached hydrogens (tertiary/aromatic N) is 2. The van der Waals surface area contributed by atoms with Crippen LogP contribution in [0.2, 0.25) is 0 Å². The van der Waals surface area contributed by atoms with Crippen LogP contribution < -0.4 is 0 Å². The summed E-state index contributed by atoms with van der Waals surface area (Å²) in [5.41, 5.74) is 1.57. The van der Waals surface area contributed by atoms with Gasteiger partial charge in [0.05, 0.1) is 11.6 Å². The topological polar surface area (TPSA) is 59.5 Å². The van der Waals surface area contributed by atoms with Crippen LogP contribution in [0.1, 0.15) is 27.5 Å². The zero-order valence-corrected chi connectivity index (χ0v) is 14.4. The Hall–Kier alpha value is -2.21. The van der Waals surface area contributed by atoms with E-state index in [1.807, 2.05) is 30.0 Å². The van der Waals surface area contributed by atoms with Gasteiger partial charge < -0.3 is 9.64 Å². The molecule has 0 radical (unpaired) electrons. The maximum atomic E-state index is 12.1. The normalized spacial score (nSPS) is 17.3. The molecule has 1 atom stereocenters. The number of thiazole rings is 1. The predicted octanol–water partition coefficient (Wildman–Crippen LogP) is 2.70. The predicted molar refractivity (Wildman–Crippen MR) is 92.0 cm³/mol. The lowest BCUT2D eigenvalue weighted by Gasteiger charge is -2.16. The van der Waals surface area contributed by atoms with Crippen LogP contribution >= 0.6 is 11.3 Å². The van der Waals surface area contributed by atoms with E-state index in [9.17, 15) is 9.59 Å². The monoisotopic (exact) mass is 344 g/mol. The average molecular weight is 344 g/mol. The smallest absolute Gasteiger partial charge is 0.357 e. The highest BCUT2D eigenvalue weighted by atomic mass is 32.1. The summed E-state index contributed by atoms with van der Waals surface area (Å²) in [6.45, 7) is 3.47. The molecule has 0 aliphatic carbocycles. The number of aryl methyl sites for hydroxylation is 1. The van der Waals surface area contributed by atoms with Crippen molar-refractivity contribution in [2.45, 2.75) is 19.8 Å². The highest BCUT2D eigenvalue weighted by Crippen LogP contribution is 2.19. The molecule has 1 fully saturated rings. The lowest BCUT2D eigenvalue weighted by molar-refractivity contribution is -0.127. The first-order valence-corrected chi connectivity index (χ1v) is 8.91. The van der Waals surface area contributed by atoms with Crippen LogP contribution in [0, 0.1) is 12.8 Å². The number of likely N-dealkylation sites (tertiary alicyclic amines) is 1. The Bertz CT molecular complexity index is 714. The van der Waals surface area contributed by atoms with Gasteiger partial charge in [-0.25, -0.2) is 9.78 Å². The maximum Gasteiger partial charge on any atom is 0.357 e. The lowest BCUT2D eigenvalue weighted by Crippen LogP contribution is -2.28. The van der Waals surface area contributed by atoms with Crippen LogP contribution in [-0.4, -0.2) is 41.5 Å². The van der Waals surface area contributed by atoms with Gasteiger partial charge in [0, 0.05) is 30.8 Å². The maximum absolute atomic E-state index is 12.1. The molecule has 6 heteroatoms. The molecule has 0 saturated carbocycles. The van der Waals surface area contributed by atoms with Crippen molar-refractivity contribution >= 4 is 23.2 Å². The third-order valence-electron chi connectivity index (χ3n) is 4.09. The molecule has 1 aromatic carbocycles. The Kier molecular flexibility index (Phi) is 5.25. The molecule has 126 valence electrons. The summed E-state index contributed by atoms with van der Waals surface area (Å²) in [5, 5.41) is 2.54. The van der Waals surface area contributed by atoms with Crippen molar-refractivity contribution in [2.24, 2.45) is 5.92 Å². The van der Waals surface area contributed by atoms with Crippen molar-refractivity contribution in [3.63, 3.8) is 0 Å². The molecule has 1 aromatic heterocycles. The molecule has 0 bridgehead atoms. The zero-order chi connectivity index (χ0) is 16.9. The SMILES string of the molecule is Cc1nc(C(=O)OC[C@@H]2CC(=O)N(CCc3ccccc3)C2)cs1. The van der Waals surface area contributed by atoms with Crippen LogP contribution in [0.15, 0.2) is 35.7 Å². The molecule has 0 unspecified atom stereocenters. The molecule has 2 heterocycles. The molecule has 0 N–H and O–H groups in total. The van der Waals surface area contributed by atoms with Gasteiger partial charge in [0.2, 0.25) is 5.91 Å². The van der Waals surface area contributed by atoms with Crippen molar-refractivity contribution < 1.29 is 14.3 Å². The molecule has 1 amide bonds. The number of rotatable bonds is 6. The Labute approximate surface area is 145 Å². The fourth-order valence-electron chi connectivity index (χ4n) is 2.82. The summed E-state index contributed by atoms with van der Waals surface area (Å²) in [4.78, 5) is 30.0. The summed E-state index contributed by atoms with van der Waals surface area (Å²) >= 11 is 1.42. The number of hydrogen-bond donors (Lipinski definition) is 0. The van der Waals surface area contributed by atoms with E-state index in [2.05, 4.69) is 17.1 Å². The second kappa shape index (κ2) is 7.57. The Balaban J connectivity index is 1.45. The van der Waals surface area contributed by atoms with Gasteiger partial charge in [-0.1, -0.05) is 30.3 Å². The van der Waals surface area contributed by atoms with Gasteiger partial charge >= 0.3 is 5.97 Å². The molecule has 1 aliphatic rings. The van der Waals surface area contributed by atoms with Crippen LogP contribution in [0.25, 0.3) is 0 Å². The summed E-state index contributed by atoms with van der Waals surface area (Å²) < 4.78 is 5.31. The summed E-state index contributed by atoms with van der Waals surface area (Å²) in [6, 6.07) is 10.1. The number of carbonyl (C=O) groups is 2. The quantitative estimate of drug-likeness (QED) is 0.756. The minimum absolute atomic E-state index is 0.0666. The van der Waals surface area contributed by atoms with E-state index in [1.165, 1.54) is 16.9 Å². The zero-order valence-electron chi connectivity index (χ0n) is 13.6. The molecule has 0 spiro atoms. The molecular weight excluding hydrogens is 324 g/mol. The van der Waals surface area contributed by atoms with Gasteiger partial charge in [-0.2, -0.15) is 0 Å². The van der Waals surface area contributed by atoms with E-state index >= 15 is 0 Å². The van der Waals surface area contributed by atoms with E-state index in [-0.39, 0.29) is 18.4 Å². The third-order valence-corrected chi connectivity index (χ3v) is 4.86. The van der Waals surface area contributed by atoms with Gasteiger partial charge in [0.1, 0.15) is 0 Å². The van der Waals surface area contributed by atoms with E-state index in [4.69, 9.17) is 4.74 Å². The van der Waals surface area contributed by atoms with E-state index in [0.717, 1.165) is 11.4 Å². The average Bonchev–Trinajstić information content (AvgIpc) is 3.17. The fourth-order valence-corrected chi connectivity index (χ4v) is 3.40. The molecule has 24 heavy (non-hydrogen) atoms. The van der Waals surface area contributed by atoms with E-state index in [0.29, 0.717) is 25.2 Å². The van der Waals surface area contributed by atoms with E-state index in [1.54, 1.807) is 5.38 Å². The minimum Gasteiger partial charge on any atom is -0.461 e. The second-order valence-corrected chi connectivity index (χ2v) is 7.06. The Morgan fingerprint density at radius 3 is 2.88 bits per heavy atom. The minimum atomic E-state index is -0.408. The van der Waals surface area contributed by atoms with Crippen LogP contribution in [0.3, 0.4) is 0 Å². The van der Waals surface area contributed by atoms with Gasteiger partial charge in [0.25, 0.3) is 0 Å². The number of hydrogen-bond acceptors (Lipinski definition) is 5. The summed E-state index contributed by atoms with van der Waals surface area (Å²) in [5.74, 6) is -0.206. The van der Waals surface area contributed by atoms with Gasteiger partial charge in [0.15, 0.2) is 5.69 Å². The number of esters is 1. The highest BCUT2D eigenvalue weighted by molar-refractivity contribution is 7.09. The highest BCUT2D eigenvalue weighted by Gasteiger charge is 2.30. The summed E-state index contributed by atoms with van der Waals surface area (Å²) in [7, 11) is 0. The number of benzene rings is 1. The molecule has 1 saturated heterocycles. The summed E-state index contributed by atoms with van der Waals surface area (Å²) in [6.07, 6.45) is 1.29. The van der Waals surface area contributed by atoms with E-state index < -0.39 is 5.97 Å². The van der Waals surface area contributed by atoms with Crippen LogP contribution in [0.5, 0.6) is 0 Å². The molecule has 5 nitrogen and oxygen atoms in total. The third kappa shape index (κ3) is 4.20. The fraction of sp³-hybridized carbons (Fsp3) is 0.389. The van der Waals surface area contributed by atoms with Crippen LogP contribution in [-0.2, 0) is 16.0 Å². The number of amides is 1. The van der Waals surface area contributed by atoms with Crippen molar-refractivity contribution in [1.82, 2.24) is 9.88 Å². The van der Waals surface area contributed by atoms with Crippen molar-refractivity contribution in [3.8, 4) is 0 Å². The molecule has 2 aromatic rings. The first kappa shape index (κ1) is 16.6. The van der Waals surface area contributed by atoms with Crippen molar-refractivity contribution in [1.29, 1.82) is 0 Å². The number of ether oxygens (including phenoxy) is 1. The Morgan fingerprint density at radius 1 is 1.38 bits per heavy atom. The standard InChI is InChI=1S/C18H20N2O3S/c1-13-19-16(12-24-13)18(22)23-11-15-9-17(21)20(10-15)8-7-14-5-3-2-4-6-14/h2-6,12,15H,7-11H2,1H3/t15-/m1/s1. The van der Waals surface area contributed by atoms with Crippen molar-refractivity contribution in [3.05, 3.63) is 52.0 Å². The second-order valence-electron chi connectivity index (χ2n) is 6.00. The van der Waals surface area contributed by atoms with Gasteiger partial charge in [-0.15, -0.1) is 11.3 Å². The lowest BCUT2D eigenvalue weighted by atomic mass is 10.1.